The van der Waals surface area contributed by atoms with Gasteiger partial charge in [-0.25, -0.2) is 0 Å². The number of ether oxygens (including phenoxy) is 1. The summed E-state index contributed by atoms with van der Waals surface area (Å²) in [6, 6.07) is 8.55. The van der Waals surface area contributed by atoms with E-state index in [2.05, 4.69) is 4.90 Å². The van der Waals surface area contributed by atoms with Gasteiger partial charge in [-0.2, -0.15) is 0 Å². The van der Waals surface area contributed by atoms with E-state index in [4.69, 9.17) is 15.6 Å². The number of aliphatic hydroxyl groups is 1. The second-order valence-corrected chi connectivity index (χ2v) is 4.69. The average Bonchev–Trinajstić information content (AvgIpc) is 3.23. The molecule has 0 radical (unpaired) electrons. The molecule has 0 atom stereocenters. The molecule has 1 aromatic rings. The third-order valence-electron chi connectivity index (χ3n) is 3.26. The fourth-order valence-electron chi connectivity index (χ4n) is 2.05. The van der Waals surface area contributed by atoms with Gasteiger partial charge in [-0.3, -0.25) is 4.90 Å². The van der Waals surface area contributed by atoms with Crippen LogP contribution in [0.5, 0.6) is 5.75 Å². The Labute approximate surface area is 108 Å². The molecule has 100 valence electrons. The van der Waals surface area contributed by atoms with E-state index >= 15 is 0 Å². The highest BCUT2D eigenvalue weighted by atomic mass is 16.5. The highest BCUT2D eigenvalue weighted by Crippen LogP contribution is 2.26. The number of benzene rings is 1. The van der Waals surface area contributed by atoms with E-state index in [-0.39, 0.29) is 6.61 Å². The summed E-state index contributed by atoms with van der Waals surface area (Å²) in [5.74, 6) is 0.881. The summed E-state index contributed by atoms with van der Waals surface area (Å²) < 4.78 is 5.70. The first kappa shape index (κ1) is 13.3. The summed E-state index contributed by atoms with van der Waals surface area (Å²) in [6.45, 7) is 3.08. The van der Waals surface area contributed by atoms with Gasteiger partial charge in [0.25, 0.3) is 0 Å². The van der Waals surface area contributed by atoms with Crippen molar-refractivity contribution in [3.63, 3.8) is 0 Å². The van der Waals surface area contributed by atoms with E-state index in [0.717, 1.165) is 24.4 Å². The highest BCUT2D eigenvalue weighted by molar-refractivity contribution is 5.27. The first-order chi connectivity index (χ1) is 8.83. The zero-order valence-corrected chi connectivity index (χ0v) is 10.7. The lowest BCUT2D eigenvalue weighted by atomic mass is 10.2. The molecule has 0 saturated heterocycles. The maximum Gasteiger partial charge on any atom is 0.119 e. The molecule has 18 heavy (non-hydrogen) atoms. The van der Waals surface area contributed by atoms with Crippen molar-refractivity contribution in [2.24, 2.45) is 5.73 Å². The molecule has 1 saturated carbocycles. The fourth-order valence-corrected chi connectivity index (χ4v) is 2.05. The van der Waals surface area contributed by atoms with E-state index in [0.29, 0.717) is 19.2 Å². The van der Waals surface area contributed by atoms with Crippen LogP contribution in [0.25, 0.3) is 0 Å². The molecular formula is C14H22N2O2. The van der Waals surface area contributed by atoms with E-state index in [1.165, 1.54) is 12.8 Å². The minimum absolute atomic E-state index is 0.224. The smallest absolute Gasteiger partial charge is 0.119 e. The first-order valence-corrected chi connectivity index (χ1v) is 6.60. The Kier molecular flexibility index (Phi) is 4.99. The lowest BCUT2D eigenvalue weighted by Crippen LogP contribution is -2.33. The Morgan fingerprint density at radius 1 is 1.22 bits per heavy atom. The monoisotopic (exact) mass is 250 g/mol. The fraction of sp³-hybridized carbons (Fsp3) is 0.571. The predicted octanol–water partition coefficient (Wildman–Crippen LogP) is 0.981. The number of hydrogen-bond donors (Lipinski definition) is 2. The van der Waals surface area contributed by atoms with Gasteiger partial charge >= 0.3 is 0 Å². The third-order valence-corrected chi connectivity index (χ3v) is 3.26. The van der Waals surface area contributed by atoms with Gasteiger partial charge in [-0.1, -0.05) is 12.1 Å². The van der Waals surface area contributed by atoms with Crippen molar-refractivity contribution < 1.29 is 9.84 Å². The van der Waals surface area contributed by atoms with Crippen LogP contribution in [0.3, 0.4) is 0 Å². The average molecular weight is 250 g/mol. The van der Waals surface area contributed by atoms with Crippen LogP contribution in [0.1, 0.15) is 18.4 Å². The van der Waals surface area contributed by atoms with Crippen LogP contribution < -0.4 is 10.5 Å². The Morgan fingerprint density at radius 2 is 1.94 bits per heavy atom. The lowest BCUT2D eigenvalue weighted by molar-refractivity contribution is 0.162. The van der Waals surface area contributed by atoms with Crippen LogP contribution in [0, 0.1) is 0 Å². The highest BCUT2D eigenvalue weighted by Gasteiger charge is 2.28. The molecule has 2 rings (SSSR count). The quantitative estimate of drug-likeness (QED) is 0.722. The Hall–Kier alpha value is -1.10. The number of nitrogens with zero attached hydrogens (tertiary/aromatic N) is 1. The Balaban J connectivity index is 1.72. The summed E-state index contributed by atoms with van der Waals surface area (Å²) in [6.07, 6.45) is 2.51. The van der Waals surface area contributed by atoms with E-state index in [9.17, 15) is 0 Å². The topological polar surface area (TPSA) is 58.7 Å². The molecule has 0 spiro atoms. The van der Waals surface area contributed by atoms with Gasteiger partial charge in [0, 0.05) is 25.7 Å². The largest absolute Gasteiger partial charge is 0.492 e. The molecule has 4 nitrogen and oxygen atoms in total. The van der Waals surface area contributed by atoms with Gasteiger partial charge in [-0.05, 0) is 30.5 Å². The summed E-state index contributed by atoms with van der Waals surface area (Å²) >= 11 is 0. The van der Waals surface area contributed by atoms with Crippen molar-refractivity contribution >= 4 is 0 Å². The van der Waals surface area contributed by atoms with Crippen molar-refractivity contribution in [2.75, 3.05) is 26.3 Å². The molecular weight excluding hydrogens is 228 g/mol. The maximum atomic E-state index is 8.99. The first-order valence-electron chi connectivity index (χ1n) is 6.60. The standard InChI is InChI=1S/C14H22N2O2/c15-11-12-1-5-14(6-2-12)18-10-8-16(7-9-17)13-3-4-13/h1-2,5-6,13,17H,3-4,7-11,15H2. The van der Waals surface area contributed by atoms with Gasteiger partial charge in [0.2, 0.25) is 0 Å². The van der Waals surface area contributed by atoms with Gasteiger partial charge in [0.15, 0.2) is 0 Å². The van der Waals surface area contributed by atoms with Crippen molar-refractivity contribution in [3.8, 4) is 5.75 Å². The van der Waals surface area contributed by atoms with Crippen LogP contribution in [-0.4, -0.2) is 42.4 Å². The van der Waals surface area contributed by atoms with Crippen LogP contribution >= 0.6 is 0 Å². The van der Waals surface area contributed by atoms with Crippen molar-refractivity contribution in [2.45, 2.75) is 25.4 Å². The van der Waals surface area contributed by atoms with Gasteiger partial charge in [0.1, 0.15) is 12.4 Å². The van der Waals surface area contributed by atoms with E-state index in [1.54, 1.807) is 0 Å². The molecule has 0 heterocycles. The number of hydrogen-bond acceptors (Lipinski definition) is 4. The zero-order valence-electron chi connectivity index (χ0n) is 10.7. The van der Waals surface area contributed by atoms with E-state index in [1.807, 2.05) is 24.3 Å². The molecule has 1 aromatic carbocycles. The number of aliphatic hydroxyl groups excluding tert-OH is 1. The van der Waals surface area contributed by atoms with Gasteiger partial charge < -0.3 is 15.6 Å². The molecule has 0 aromatic heterocycles. The number of rotatable bonds is 8. The van der Waals surface area contributed by atoms with Crippen LogP contribution in [0.15, 0.2) is 24.3 Å². The van der Waals surface area contributed by atoms with Crippen LogP contribution in [-0.2, 0) is 6.54 Å². The molecule has 1 aliphatic carbocycles. The Morgan fingerprint density at radius 3 is 2.50 bits per heavy atom. The summed E-state index contributed by atoms with van der Waals surface area (Å²) in [5, 5.41) is 8.99. The second-order valence-electron chi connectivity index (χ2n) is 4.69. The van der Waals surface area contributed by atoms with Crippen LogP contribution in [0.2, 0.25) is 0 Å². The van der Waals surface area contributed by atoms with Crippen molar-refractivity contribution in [1.82, 2.24) is 4.90 Å². The minimum atomic E-state index is 0.224. The second kappa shape index (κ2) is 6.73. The molecule has 0 bridgehead atoms. The summed E-state index contributed by atoms with van der Waals surface area (Å²) in [5.41, 5.74) is 6.66. The molecule has 0 aliphatic heterocycles. The third kappa shape index (κ3) is 3.98. The number of nitrogens with two attached hydrogens (primary N) is 1. The molecule has 0 unspecified atom stereocenters. The predicted molar refractivity (Wildman–Crippen MR) is 71.5 cm³/mol. The van der Waals surface area contributed by atoms with Crippen LogP contribution in [0.4, 0.5) is 0 Å². The van der Waals surface area contributed by atoms with Gasteiger partial charge in [-0.15, -0.1) is 0 Å². The van der Waals surface area contributed by atoms with Crippen molar-refractivity contribution in [3.05, 3.63) is 29.8 Å². The molecule has 3 N–H and O–H groups in total. The zero-order chi connectivity index (χ0) is 12.8. The summed E-state index contributed by atoms with van der Waals surface area (Å²) in [4.78, 5) is 2.30. The lowest BCUT2D eigenvalue weighted by Gasteiger charge is -2.20. The molecule has 1 fully saturated rings. The van der Waals surface area contributed by atoms with Crippen molar-refractivity contribution in [1.29, 1.82) is 0 Å². The Bertz CT molecular complexity index is 349. The summed E-state index contributed by atoms with van der Waals surface area (Å²) in [7, 11) is 0. The molecule has 0 amide bonds. The van der Waals surface area contributed by atoms with E-state index < -0.39 is 0 Å². The molecule has 1 aliphatic rings. The molecule has 4 heteroatoms. The maximum absolute atomic E-state index is 8.99. The minimum Gasteiger partial charge on any atom is -0.492 e. The van der Waals surface area contributed by atoms with Gasteiger partial charge in [0.05, 0.1) is 6.61 Å². The SMILES string of the molecule is NCc1ccc(OCCN(CCO)C2CC2)cc1. The normalized spacial score (nSPS) is 15.1.